The molecule has 2 atom stereocenters. The van der Waals surface area contributed by atoms with Crippen molar-refractivity contribution in [2.24, 2.45) is 5.92 Å². The van der Waals surface area contributed by atoms with Crippen LogP contribution in [0.1, 0.15) is 17.5 Å². The molecule has 4 rings (SSSR count). The number of halogens is 1. The van der Waals surface area contributed by atoms with Crippen molar-refractivity contribution in [3.05, 3.63) is 34.5 Å². The minimum Gasteiger partial charge on any atom is -0.423 e. The highest BCUT2D eigenvalue weighted by atomic mass is 35.5. The minimum absolute atomic E-state index is 0.117. The molecular formula is C18H19BClN5O3. The Hall–Kier alpha value is -2.38. The summed E-state index contributed by atoms with van der Waals surface area (Å²) >= 11 is 6.28. The Morgan fingerprint density at radius 2 is 2.29 bits per heavy atom. The van der Waals surface area contributed by atoms with E-state index in [0.29, 0.717) is 54.2 Å². The van der Waals surface area contributed by atoms with Crippen LogP contribution in [0.4, 0.5) is 17.5 Å². The van der Waals surface area contributed by atoms with Crippen molar-refractivity contribution >= 4 is 41.6 Å². The number of fused-ring (bicyclic) bond motifs is 1. The van der Waals surface area contributed by atoms with Gasteiger partial charge in [0.05, 0.1) is 31.2 Å². The number of aryl methyl sites for hydroxylation is 1. The quantitative estimate of drug-likeness (QED) is 0.667. The number of aromatic nitrogens is 2. The number of hydrogen-bond acceptors (Lipinski definition) is 8. The van der Waals surface area contributed by atoms with Gasteiger partial charge in [-0.1, -0.05) is 11.6 Å². The molecule has 1 fully saturated rings. The highest BCUT2D eigenvalue weighted by molar-refractivity contribution is 6.65. The molecular weight excluding hydrogens is 380 g/mol. The van der Waals surface area contributed by atoms with Crippen LogP contribution in [0.25, 0.3) is 0 Å². The van der Waals surface area contributed by atoms with Gasteiger partial charge >= 0.3 is 7.12 Å². The third-order valence-corrected chi connectivity index (χ3v) is 5.24. The molecule has 1 aromatic carbocycles. The van der Waals surface area contributed by atoms with Crippen molar-refractivity contribution in [3.63, 3.8) is 0 Å². The van der Waals surface area contributed by atoms with Crippen LogP contribution in [0.2, 0.25) is 5.02 Å². The van der Waals surface area contributed by atoms with Crippen LogP contribution in [0.15, 0.2) is 18.3 Å². The first-order valence-electron chi connectivity index (χ1n) is 9.01. The number of rotatable bonds is 4. The van der Waals surface area contributed by atoms with Gasteiger partial charge in [-0.2, -0.15) is 10.2 Å². The number of anilines is 3. The first kappa shape index (κ1) is 19.0. The Morgan fingerprint density at radius 1 is 1.43 bits per heavy atom. The van der Waals surface area contributed by atoms with E-state index in [1.165, 1.54) is 0 Å². The SMILES string of the molecule is Cc1cnc(Nc2cc(Cl)c3c(c2)COB3O)nc1N[C@@H]1COCC[C@H]1C#N. The summed E-state index contributed by atoms with van der Waals surface area (Å²) in [4.78, 5) is 8.87. The van der Waals surface area contributed by atoms with E-state index in [9.17, 15) is 10.3 Å². The van der Waals surface area contributed by atoms with E-state index in [1.54, 1.807) is 12.3 Å². The lowest BCUT2D eigenvalue weighted by Gasteiger charge is -2.28. The lowest BCUT2D eigenvalue weighted by molar-refractivity contribution is 0.0698. The van der Waals surface area contributed by atoms with Gasteiger partial charge in [0.1, 0.15) is 5.82 Å². The predicted molar refractivity (Wildman–Crippen MR) is 106 cm³/mol. The molecule has 10 heteroatoms. The molecule has 2 aromatic rings. The van der Waals surface area contributed by atoms with Crippen molar-refractivity contribution in [2.45, 2.75) is 26.0 Å². The van der Waals surface area contributed by atoms with Gasteiger partial charge in [-0.3, -0.25) is 0 Å². The molecule has 8 nitrogen and oxygen atoms in total. The first-order chi connectivity index (χ1) is 13.5. The molecule has 2 aliphatic rings. The normalized spacial score (nSPS) is 21.1. The van der Waals surface area contributed by atoms with Crippen molar-refractivity contribution < 1.29 is 14.4 Å². The molecule has 0 saturated carbocycles. The van der Waals surface area contributed by atoms with E-state index < -0.39 is 7.12 Å². The summed E-state index contributed by atoms with van der Waals surface area (Å²) in [5, 5.41) is 26.0. The van der Waals surface area contributed by atoms with E-state index in [2.05, 4.69) is 26.7 Å². The lowest BCUT2D eigenvalue weighted by atomic mass is 9.79. The average Bonchev–Trinajstić information content (AvgIpc) is 3.06. The second-order valence-corrected chi connectivity index (χ2v) is 7.30. The van der Waals surface area contributed by atoms with Gasteiger partial charge in [-0.15, -0.1) is 0 Å². The molecule has 144 valence electrons. The molecule has 0 amide bonds. The molecule has 2 aliphatic heterocycles. The van der Waals surface area contributed by atoms with Crippen LogP contribution in [-0.2, 0) is 16.0 Å². The Bertz CT molecular complexity index is 938. The maximum atomic E-state index is 9.81. The molecule has 3 N–H and O–H groups in total. The van der Waals surface area contributed by atoms with Gasteiger partial charge in [0.2, 0.25) is 5.95 Å². The van der Waals surface area contributed by atoms with Crippen LogP contribution in [0.3, 0.4) is 0 Å². The largest absolute Gasteiger partial charge is 0.493 e. The van der Waals surface area contributed by atoms with E-state index in [1.807, 2.05) is 13.0 Å². The zero-order chi connectivity index (χ0) is 19.7. The van der Waals surface area contributed by atoms with Crippen molar-refractivity contribution in [1.29, 1.82) is 5.26 Å². The first-order valence-corrected chi connectivity index (χ1v) is 9.39. The van der Waals surface area contributed by atoms with Crippen LogP contribution < -0.4 is 16.1 Å². The number of nitrogens with one attached hydrogen (secondary N) is 2. The van der Waals surface area contributed by atoms with E-state index in [0.717, 1.165) is 11.1 Å². The van der Waals surface area contributed by atoms with E-state index in [-0.39, 0.29) is 12.0 Å². The number of hydrogen-bond donors (Lipinski definition) is 3. The fourth-order valence-corrected chi connectivity index (χ4v) is 3.72. The number of benzene rings is 1. The maximum absolute atomic E-state index is 9.81. The van der Waals surface area contributed by atoms with Crippen molar-refractivity contribution in [2.75, 3.05) is 23.8 Å². The maximum Gasteiger partial charge on any atom is 0.493 e. The zero-order valence-corrected chi connectivity index (χ0v) is 16.0. The highest BCUT2D eigenvalue weighted by Crippen LogP contribution is 2.26. The van der Waals surface area contributed by atoms with Crippen molar-refractivity contribution in [3.8, 4) is 6.07 Å². The average molecular weight is 400 g/mol. The topological polar surface area (TPSA) is 112 Å². The third-order valence-electron chi connectivity index (χ3n) is 4.93. The molecule has 0 unspecified atom stereocenters. The van der Waals surface area contributed by atoms with Gasteiger partial charge < -0.3 is 25.0 Å². The summed E-state index contributed by atoms with van der Waals surface area (Å²) in [6, 6.07) is 5.78. The molecule has 1 saturated heterocycles. The van der Waals surface area contributed by atoms with E-state index in [4.69, 9.17) is 21.0 Å². The molecule has 0 bridgehead atoms. The van der Waals surface area contributed by atoms with E-state index >= 15 is 0 Å². The molecule has 28 heavy (non-hydrogen) atoms. The second kappa shape index (κ2) is 7.93. The molecule has 0 spiro atoms. The lowest BCUT2D eigenvalue weighted by Crippen LogP contribution is -2.38. The molecule has 1 aromatic heterocycles. The standard InChI is InChI=1S/C18H19BClN5O3/c1-10-7-22-18(25-17(10)24-15-9-27-3-2-11(15)6-21)23-13-4-12-8-28-19(26)16(12)14(20)5-13/h4-5,7,11,15,26H,2-3,8-9H2,1H3,(H2,22,23,24,25)/t11-,15+/m0/s1. The smallest absolute Gasteiger partial charge is 0.423 e. The van der Waals surface area contributed by atoms with Crippen LogP contribution in [0.5, 0.6) is 0 Å². The summed E-state index contributed by atoms with van der Waals surface area (Å²) < 4.78 is 10.7. The fourth-order valence-electron chi connectivity index (χ4n) is 3.38. The Morgan fingerprint density at radius 3 is 3.11 bits per heavy atom. The Kier molecular flexibility index (Phi) is 5.37. The van der Waals surface area contributed by atoms with Crippen LogP contribution >= 0.6 is 11.6 Å². The van der Waals surface area contributed by atoms with Gasteiger partial charge in [0.15, 0.2) is 0 Å². The molecule has 0 radical (unpaired) electrons. The molecule has 3 heterocycles. The zero-order valence-electron chi connectivity index (χ0n) is 15.3. The summed E-state index contributed by atoms with van der Waals surface area (Å²) in [5.41, 5.74) is 2.99. The van der Waals surface area contributed by atoms with Crippen molar-refractivity contribution in [1.82, 2.24) is 9.97 Å². The van der Waals surface area contributed by atoms with Gasteiger partial charge in [0.25, 0.3) is 0 Å². The third kappa shape index (κ3) is 3.77. The van der Waals surface area contributed by atoms with Gasteiger partial charge in [0, 0.05) is 34.5 Å². The monoisotopic (exact) mass is 399 g/mol. The number of ether oxygens (including phenoxy) is 1. The summed E-state index contributed by atoms with van der Waals surface area (Å²) in [6.45, 7) is 3.27. The van der Waals surface area contributed by atoms with Crippen LogP contribution in [-0.4, -0.2) is 41.4 Å². The summed E-state index contributed by atoms with van der Waals surface area (Å²) in [7, 11) is -0.992. The fraction of sp³-hybridized carbons (Fsp3) is 0.389. The minimum atomic E-state index is -0.992. The Labute approximate surface area is 168 Å². The summed E-state index contributed by atoms with van der Waals surface area (Å²) in [6.07, 6.45) is 2.41. The number of nitrogens with zero attached hydrogens (tertiary/aromatic N) is 3. The Balaban J connectivity index is 1.55. The summed E-state index contributed by atoms with van der Waals surface area (Å²) in [5.74, 6) is 0.926. The van der Waals surface area contributed by atoms with Crippen LogP contribution in [0, 0.1) is 24.2 Å². The second-order valence-electron chi connectivity index (χ2n) is 6.89. The molecule has 0 aliphatic carbocycles. The number of nitriles is 1. The van der Waals surface area contributed by atoms with Gasteiger partial charge in [-0.25, -0.2) is 4.98 Å². The van der Waals surface area contributed by atoms with Gasteiger partial charge in [-0.05, 0) is 31.0 Å². The highest BCUT2D eigenvalue weighted by Gasteiger charge is 2.30. The predicted octanol–water partition coefficient (Wildman–Crippen LogP) is 1.74.